The van der Waals surface area contributed by atoms with Crippen LogP contribution in [0.2, 0.25) is 5.02 Å². The van der Waals surface area contributed by atoms with Crippen molar-refractivity contribution in [1.82, 2.24) is 4.90 Å². The van der Waals surface area contributed by atoms with Crippen molar-refractivity contribution in [3.05, 3.63) is 51.4 Å². The number of hydrogen-bond acceptors (Lipinski definition) is 9. The number of amides is 3. The lowest BCUT2D eigenvalue weighted by Gasteiger charge is -2.14. The molecule has 0 atom stereocenters. The summed E-state index contributed by atoms with van der Waals surface area (Å²) in [5.74, 6) is -0.631. The highest BCUT2D eigenvalue weighted by molar-refractivity contribution is 8.18. The zero-order valence-corrected chi connectivity index (χ0v) is 22.9. The molecule has 10 nitrogen and oxygen atoms in total. The molecule has 3 amide bonds. The summed E-state index contributed by atoms with van der Waals surface area (Å²) >= 11 is 6.81. The molecule has 1 aliphatic heterocycles. The number of imide groups is 1. The van der Waals surface area contributed by atoms with E-state index >= 15 is 0 Å². The van der Waals surface area contributed by atoms with E-state index < -0.39 is 29.6 Å². The van der Waals surface area contributed by atoms with Gasteiger partial charge in [-0.15, -0.1) is 0 Å². The number of carbonyl (C=O) groups is 4. The van der Waals surface area contributed by atoms with Crippen molar-refractivity contribution in [3.63, 3.8) is 0 Å². The fraction of sp³-hybridized carbons (Fsp3) is 0.308. The number of hydrogen-bond donors (Lipinski definition) is 1. The van der Waals surface area contributed by atoms with Crippen molar-refractivity contribution in [2.45, 2.75) is 19.8 Å². The molecule has 3 rings (SSSR count). The molecule has 1 aliphatic rings. The number of rotatable bonds is 11. The summed E-state index contributed by atoms with van der Waals surface area (Å²) in [7, 11) is 4.42. The second kappa shape index (κ2) is 13.2. The van der Waals surface area contributed by atoms with E-state index in [-0.39, 0.29) is 27.8 Å². The molecule has 1 saturated heterocycles. The Morgan fingerprint density at radius 1 is 1.03 bits per heavy atom. The molecule has 2 aromatic carbocycles. The molecule has 0 radical (unpaired) electrons. The fourth-order valence-corrected chi connectivity index (χ4v) is 4.46. The summed E-state index contributed by atoms with van der Waals surface area (Å²) in [4.78, 5) is 51.4. The molecule has 1 heterocycles. The third kappa shape index (κ3) is 6.78. The molecule has 0 aliphatic carbocycles. The first kappa shape index (κ1) is 28.9. The maximum absolute atomic E-state index is 13.0. The third-order valence-corrected chi connectivity index (χ3v) is 6.64. The molecule has 0 spiro atoms. The fourth-order valence-electron chi connectivity index (χ4n) is 3.43. The van der Waals surface area contributed by atoms with E-state index in [0.29, 0.717) is 41.0 Å². The van der Waals surface area contributed by atoms with Gasteiger partial charge in [-0.25, -0.2) is 4.79 Å². The first-order valence-electron chi connectivity index (χ1n) is 11.5. The van der Waals surface area contributed by atoms with E-state index in [9.17, 15) is 19.2 Å². The van der Waals surface area contributed by atoms with Gasteiger partial charge in [0, 0.05) is 17.3 Å². The maximum Gasteiger partial charge on any atom is 0.339 e. The van der Waals surface area contributed by atoms with Crippen LogP contribution in [0.3, 0.4) is 0 Å². The summed E-state index contributed by atoms with van der Waals surface area (Å²) in [6.07, 6.45) is 3.06. The predicted octanol–water partition coefficient (Wildman–Crippen LogP) is 5.00. The normalized spacial score (nSPS) is 14.0. The average Bonchev–Trinajstić information content (AvgIpc) is 3.16. The van der Waals surface area contributed by atoms with Crippen molar-refractivity contribution in [3.8, 4) is 17.2 Å². The van der Waals surface area contributed by atoms with E-state index in [2.05, 4.69) is 5.32 Å². The number of esters is 1. The van der Waals surface area contributed by atoms with Crippen molar-refractivity contribution in [1.29, 1.82) is 0 Å². The van der Waals surface area contributed by atoms with Crippen LogP contribution in [0.5, 0.6) is 17.2 Å². The Bertz CT molecular complexity index is 1280. The number of nitrogens with zero attached hydrogens (tertiary/aromatic N) is 1. The van der Waals surface area contributed by atoms with Gasteiger partial charge >= 0.3 is 5.97 Å². The molecule has 12 heteroatoms. The number of nitrogens with one attached hydrogen (secondary N) is 1. The summed E-state index contributed by atoms with van der Waals surface area (Å²) in [5.41, 5.74) is 0.845. The van der Waals surface area contributed by atoms with Crippen molar-refractivity contribution in [2.24, 2.45) is 0 Å². The zero-order valence-electron chi connectivity index (χ0n) is 21.3. The standard InChI is InChI=1S/C26H27ClN2O8S/c1-5-6-9-37-25(32)17-12-16(7-8-18(17)27)28-23(30)14-29-24(31)22(38-26(29)33)11-15-10-20(35-3)21(36-4)13-19(15)34-2/h7-8,10-13H,5-6,9,14H2,1-4H3,(H,28,30)/b22-11+. The second-order valence-corrected chi connectivity index (χ2v) is 9.35. The van der Waals surface area contributed by atoms with E-state index in [1.54, 1.807) is 12.1 Å². The van der Waals surface area contributed by atoms with Gasteiger partial charge in [0.1, 0.15) is 12.3 Å². The molecule has 38 heavy (non-hydrogen) atoms. The highest BCUT2D eigenvalue weighted by Gasteiger charge is 2.36. The minimum atomic E-state index is -0.636. The summed E-state index contributed by atoms with van der Waals surface area (Å²) < 4.78 is 21.1. The predicted molar refractivity (Wildman–Crippen MR) is 144 cm³/mol. The van der Waals surface area contributed by atoms with Crippen molar-refractivity contribution in [2.75, 3.05) is 39.8 Å². The number of thioether (sulfide) groups is 1. The van der Waals surface area contributed by atoms with Crippen LogP contribution in [-0.4, -0.2) is 62.4 Å². The minimum absolute atomic E-state index is 0.0959. The minimum Gasteiger partial charge on any atom is -0.496 e. The number of anilines is 1. The van der Waals surface area contributed by atoms with Gasteiger partial charge in [-0.05, 0) is 48.5 Å². The van der Waals surface area contributed by atoms with E-state index in [1.807, 2.05) is 6.92 Å². The van der Waals surface area contributed by atoms with Crippen molar-refractivity contribution < 1.29 is 38.1 Å². The van der Waals surface area contributed by atoms with E-state index in [0.717, 1.165) is 11.3 Å². The topological polar surface area (TPSA) is 120 Å². The lowest BCUT2D eigenvalue weighted by atomic mass is 10.1. The lowest BCUT2D eigenvalue weighted by Crippen LogP contribution is -2.36. The number of halogens is 1. The molecule has 1 N–H and O–H groups in total. The van der Waals surface area contributed by atoms with Crippen LogP contribution in [0.15, 0.2) is 35.2 Å². The van der Waals surface area contributed by atoms with Gasteiger partial charge in [0.2, 0.25) is 5.91 Å². The van der Waals surface area contributed by atoms with Gasteiger partial charge in [0.15, 0.2) is 11.5 Å². The Labute approximate surface area is 229 Å². The Hall–Kier alpha value is -3.70. The molecule has 2 aromatic rings. The number of benzene rings is 2. The highest BCUT2D eigenvalue weighted by atomic mass is 35.5. The van der Waals surface area contributed by atoms with Gasteiger partial charge in [-0.3, -0.25) is 19.3 Å². The van der Waals surface area contributed by atoms with Gasteiger partial charge < -0.3 is 24.3 Å². The van der Waals surface area contributed by atoms with Crippen LogP contribution < -0.4 is 19.5 Å². The summed E-state index contributed by atoms with van der Waals surface area (Å²) in [5, 5.41) is 2.15. The molecule has 0 unspecified atom stereocenters. The number of ether oxygens (including phenoxy) is 4. The Morgan fingerprint density at radius 3 is 2.37 bits per heavy atom. The summed E-state index contributed by atoms with van der Waals surface area (Å²) in [6.45, 7) is 1.70. The van der Waals surface area contributed by atoms with Gasteiger partial charge in [0.25, 0.3) is 11.1 Å². The van der Waals surface area contributed by atoms with Gasteiger partial charge in [0.05, 0.1) is 43.4 Å². The molecule has 0 aromatic heterocycles. The highest BCUT2D eigenvalue weighted by Crippen LogP contribution is 2.38. The lowest BCUT2D eigenvalue weighted by molar-refractivity contribution is -0.127. The van der Waals surface area contributed by atoms with Gasteiger partial charge in [-0.1, -0.05) is 24.9 Å². The smallest absolute Gasteiger partial charge is 0.339 e. The van der Waals surface area contributed by atoms with Crippen LogP contribution in [0.4, 0.5) is 10.5 Å². The molecule has 0 saturated carbocycles. The molecular weight excluding hydrogens is 536 g/mol. The van der Waals surface area contributed by atoms with Crippen LogP contribution >= 0.6 is 23.4 Å². The zero-order chi connectivity index (χ0) is 27.8. The van der Waals surface area contributed by atoms with Crippen molar-refractivity contribution >= 4 is 58.1 Å². The number of unbranched alkanes of at least 4 members (excludes halogenated alkanes) is 1. The Balaban J connectivity index is 1.73. The largest absolute Gasteiger partial charge is 0.496 e. The monoisotopic (exact) mass is 562 g/mol. The Morgan fingerprint density at radius 2 is 1.71 bits per heavy atom. The van der Waals surface area contributed by atoms with Gasteiger partial charge in [-0.2, -0.15) is 0 Å². The van der Waals surface area contributed by atoms with Crippen LogP contribution in [0.25, 0.3) is 6.08 Å². The maximum atomic E-state index is 13.0. The average molecular weight is 563 g/mol. The second-order valence-electron chi connectivity index (χ2n) is 7.95. The van der Waals surface area contributed by atoms with E-state index in [1.165, 1.54) is 45.6 Å². The van der Waals surface area contributed by atoms with Crippen LogP contribution in [-0.2, 0) is 14.3 Å². The first-order chi connectivity index (χ1) is 18.2. The van der Waals surface area contributed by atoms with E-state index in [4.69, 9.17) is 30.5 Å². The summed E-state index contributed by atoms with van der Waals surface area (Å²) in [6, 6.07) is 7.55. The Kier molecular flexibility index (Phi) is 10.0. The quantitative estimate of drug-likeness (QED) is 0.229. The number of methoxy groups -OCH3 is 3. The molecular formula is C26H27ClN2O8S. The van der Waals surface area contributed by atoms with Crippen LogP contribution in [0, 0.1) is 0 Å². The van der Waals surface area contributed by atoms with Crippen LogP contribution in [0.1, 0.15) is 35.7 Å². The molecule has 1 fully saturated rings. The first-order valence-corrected chi connectivity index (χ1v) is 12.7. The number of carbonyl (C=O) groups excluding carboxylic acids is 4. The SMILES string of the molecule is CCCCOC(=O)c1cc(NC(=O)CN2C(=O)S/C(=C/c3cc(OC)c(OC)cc3OC)C2=O)ccc1Cl. The molecule has 202 valence electrons. The molecule has 0 bridgehead atoms. The third-order valence-electron chi connectivity index (χ3n) is 5.40.